The number of rotatable bonds is 4. The summed E-state index contributed by atoms with van der Waals surface area (Å²) in [5, 5.41) is 2.55. The van der Waals surface area contributed by atoms with Crippen LogP contribution in [0.25, 0.3) is 0 Å². The van der Waals surface area contributed by atoms with Crippen LogP contribution in [-0.2, 0) is 4.74 Å². The molecule has 1 N–H and O–H groups in total. The molecule has 1 aromatic carbocycles. The Balaban J connectivity index is 2.27. The van der Waals surface area contributed by atoms with Crippen molar-refractivity contribution in [2.45, 2.75) is 0 Å². The number of amides is 1. The second-order valence-corrected chi connectivity index (χ2v) is 2.62. The summed E-state index contributed by atoms with van der Waals surface area (Å²) in [6, 6.07) is 8.90. The van der Waals surface area contributed by atoms with E-state index in [2.05, 4.69) is 5.32 Å². The molecular weight excluding hydrogens is 182 g/mol. The fraction of sp³-hybridized carbons (Fsp3) is 0.300. The SMILES string of the molecule is COCCNC(=O)Oc1ccccc1. The minimum Gasteiger partial charge on any atom is -0.410 e. The molecule has 0 saturated carbocycles. The van der Waals surface area contributed by atoms with Gasteiger partial charge in [-0.1, -0.05) is 18.2 Å². The standard InChI is InChI=1S/C10H13NO3/c1-13-8-7-11-10(12)14-9-5-3-2-4-6-9/h2-6H,7-8H2,1H3,(H,11,12). The number of ether oxygens (including phenoxy) is 2. The molecular formula is C10H13NO3. The zero-order valence-electron chi connectivity index (χ0n) is 8.03. The summed E-state index contributed by atoms with van der Waals surface area (Å²) in [4.78, 5) is 11.1. The lowest BCUT2D eigenvalue weighted by Crippen LogP contribution is -2.29. The molecule has 1 rings (SSSR count). The summed E-state index contributed by atoms with van der Waals surface area (Å²) in [6.07, 6.45) is -0.465. The first-order valence-corrected chi connectivity index (χ1v) is 4.32. The van der Waals surface area contributed by atoms with Gasteiger partial charge in [0.05, 0.1) is 6.61 Å². The Kier molecular flexibility index (Phi) is 4.50. The zero-order valence-corrected chi connectivity index (χ0v) is 8.03. The van der Waals surface area contributed by atoms with Gasteiger partial charge in [0.15, 0.2) is 0 Å². The Labute approximate surface area is 82.8 Å². The first-order valence-electron chi connectivity index (χ1n) is 4.32. The molecule has 1 amide bonds. The molecule has 14 heavy (non-hydrogen) atoms. The molecule has 0 aliphatic carbocycles. The molecule has 0 aromatic heterocycles. The van der Waals surface area contributed by atoms with Gasteiger partial charge in [-0.3, -0.25) is 0 Å². The van der Waals surface area contributed by atoms with Gasteiger partial charge in [-0.15, -0.1) is 0 Å². The highest BCUT2D eigenvalue weighted by atomic mass is 16.6. The highest BCUT2D eigenvalue weighted by Gasteiger charge is 2.01. The summed E-state index contributed by atoms with van der Waals surface area (Å²) in [7, 11) is 1.57. The number of methoxy groups -OCH3 is 1. The minimum absolute atomic E-state index is 0.447. The Morgan fingerprint density at radius 3 is 2.71 bits per heavy atom. The zero-order chi connectivity index (χ0) is 10.2. The lowest BCUT2D eigenvalue weighted by molar-refractivity contribution is 0.180. The first kappa shape index (κ1) is 10.5. The van der Waals surface area contributed by atoms with Crippen molar-refractivity contribution in [3.05, 3.63) is 30.3 Å². The second-order valence-electron chi connectivity index (χ2n) is 2.62. The second kappa shape index (κ2) is 5.99. The van der Waals surface area contributed by atoms with E-state index in [1.165, 1.54) is 0 Å². The van der Waals surface area contributed by atoms with Crippen LogP contribution in [0.1, 0.15) is 0 Å². The van der Waals surface area contributed by atoms with Gasteiger partial charge in [0.2, 0.25) is 0 Å². The monoisotopic (exact) mass is 195 g/mol. The van der Waals surface area contributed by atoms with Crippen LogP contribution in [-0.4, -0.2) is 26.4 Å². The average molecular weight is 195 g/mol. The van der Waals surface area contributed by atoms with Crippen LogP contribution < -0.4 is 10.1 Å². The molecule has 0 atom stereocenters. The van der Waals surface area contributed by atoms with Crippen LogP contribution in [0.4, 0.5) is 4.79 Å². The quantitative estimate of drug-likeness (QED) is 0.739. The van der Waals surface area contributed by atoms with Gasteiger partial charge in [0.1, 0.15) is 5.75 Å². The molecule has 1 aromatic rings. The third kappa shape index (κ3) is 3.91. The third-order valence-electron chi connectivity index (χ3n) is 1.53. The van der Waals surface area contributed by atoms with Crippen molar-refractivity contribution in [2.75, 3.05) is 20.3 Å². The van der Waals surface area contributed by atoms with Gasteiger partial charge in [-0.25, -0.2) is 4.79 Å². The van der Waals surface area contributed by atoms with E-state index in [1.54, 1.807) is 31.4 Å². The Bertz CT molecular complexity index is 274. The lowest BCUT2D eigenvalue weighted by atomic mass is 10.3. The van der Waals surface area contributed by atoms with Crippen molar-refractivity contribution < 1.29 is 14.3 Å². The Morgan fingerprint density at radius 2 is 2.07 bits per heavy atom. The van der Waals surface area contributed by atoms with Gasteiger partial charge in [0.25, 0.3) is 0 Å². The largest absolute Gasteiger partial charge is 0.412 e. The van der Waals surface area contributed by atoms with E-state index in [9.17, 15) is 4.79 Å². The molecule has 0 unspecified atom stereocenters. The molecule has 4 heteroatoms. The van der Waals surface area contributed by atoms with E-state index >= 15 is 0 Å². The fourth-order valence-electron chi connectivity index (χ4n) is 0.887. The number of nitrogens with one attached hydrogen (secondary N) is 1. The average Bonchev–Trinajstić information content (AvgIpc) is 2.20. The van der Waals surface area contributed by atoms with Gasteiger partial charge < -0.3 is 14.8 Å². The van der Waals surface area contributed by atoms with E-state index in [0.29, 0.717) is 18.9 Å². The van der Waals surface area contributed by atoms with Gasteiger partial charge in [0, 0.05) is 13.7 Å². The van der Waals surface area contributed by atoms with Crippen molar-refractivity contribution in [1.82, 2.24) is 5.32 Å². The van der Waals surface area contributed by atoms with Gasteiger partial charge >= 0.3 is 6.09 Å². The number of hydrogen-bond donors (Lipinski definition) is 1. The van der Waals surface area contributed by atoms with Crippen LogP contribution >= 0.6 is 0 Å². The minimum atomic E-state index is -0.465. The third-order valence-corrected chi connectivity index (χ3v) is 1.53. The van der Waals surface area contributed by atoms with Gasteiger partial charge in [-0.05, 0) is 12.1 Å². The number of para-hydroxylation sites is 1. The smallest absolute Gasteiger partial charge is 0.410 e. The predicted molar refractivity (Wildman–Crippen MR) is 52.3 cm³/mol. The van der Waals surface area contributed by atoms with Crippen LogP contribution in [0.2, 0.25) is 0 Å². The lowest BCUT2D eigenvalue weighted by Gasteiger charge is -2.05. The maximum atomic E-state index is 11.1. The first-order chi connectivity index (χ1) is 6.83. The van der Waals surface area contributed by atoms with Crippen LogP contribution in [0.5, 0.6) is 5.75 Å². The highest BCUT2D eigenvalue weighted by molar-refractivity contribution is 5.70. The van der Waals surface area contributed by atoms with Crippen molar-refractivity contribution in [2.24, 2.45) is 0 Å². The molecule has 0 radical (unpaired) electrons. The van der Waals surface area contributed by atoms with Gasteiger partial charge in [-0.2, -0.15) is 0 Å². The van der Waals surface area contributed by atoms with Crippen LogP contribution in [0.15, 0.2) is 30.3 Å². The summed E-state index contributed by atoms with van der Waals surface area (Å²) in [5.41, 5.74) is 0. The maximum Gasteiger partial charge on any atom is 0.412 e. The summed E-state index contributed by atoms with van der Waals surface area (Å²) < 4.78 is 9.73. The number of carbonyl (C=O) groups is 1. The van der Waals surface area contributed by atoms with E-state index < -0.39 is 6.09 Å². The predicted octanol–water partition coefficient (Wildman–Crippen LogP) is 1.42. The van der Waals surface area contributed by atoms with E-state index in [1.807, 2.05) is 6.07 Å². The molecule has 4 nitrogen and oxygen atoms in total. The maximum absolute atomic E-state index is 11.1. The molecule has 76 valence electrons. The summed E-state index contributed by atoms with van der Waals surface area (Å²) >= 11 is 0. The topological polar surface area (TPSA) is 47.6 Å². The highest BCUT2D eigenvalue weighted by Crippen LogP contribution is 2.07. The molecule has 0 spiro atoms. The summed E-state index contributed by atoms with van der Waals surface area (Å²) in [5.74, 6) is 0.530. The van der Waals surface area contributed by atoms with E-state index in [4.69, 9.17) is 9.47 Å². The van der Waals surface area contributed by atoms with Crippen LogP contribution in [0, 0.1) is 0 Å². The van der Waals surface area contributed by atoms with E-state index in [-0.39, 0.29) is 0 Å². The summed E-state index contributed by atoms with van der Waals surface area (Å²) in [6.45, 7) is 0.923. The van der Waals surface area contributed by atoms with Crippen LogP contribution in [0.3, 0.4) is 0 Å². The molecule has 0 saturated heterocycles. The number of benzene rings is 1. The normalized spacial score (nSPS) is 9.50. The van der Waals surface area contributed by atoms with Crippen molar-refractivity contribution >= 4 is 6.09 Å². The van der Waals surface area contributed by atoms with Crippen molar-refractivity contribution in [3.63, 3.8) is 0 Å². The molecule has 0 aliphatic rings. The number of carbonyl (C=O) groups excluding carboxylic acids is 1. The fourth-order valence-corrected chi connectivity index (χ4v) is 0.887. The molecule has 0 fully saturated rings. The molecule has 0 bridgehead atoms. The van der Waals surface area contributed by atoms with Crippen molar-refractivity contribution in [1.29, 1.82) is 0 Å². The number of hydrogen-bond acceptors (Lipinski definition) is 3. The molecule has 0 aliphatic heterocycles. The Morgan fingerprint density at radius 1 is 1.36 bits per heavy atom. The Hall–Kier alpha value is -1.55. The molecule has 0 heterocycles. The van der Waals surface area contributed by atoms with Crippen molar-refractivity contribution in [3.8, 4) is 5.75 Å². The van der Waals surface area contributed by atoms with E-state index in [0.717, 1.165) is 0 Å².